The van der Waals surface area contributed by atoms with Gasteiger partial charge in [0.1, 0.15) is 6.10 Å². The molecule has 21 heavy (non-hydrogen) atoms. The van der Waals surface area contributed by atoms with E-state index in [-0.39, 0.29) is 18.1 Å². The Labute approximate surface area is 118 Å². The van der Waals surface area contributed by atoms with Gasteiger partial charge in [-0.2, -0.15) is 18.2 Å². The van der Waals surface area contributed by atoms with Crippen molar-refractivity contribution in [3.05, 3.63) is 29.7 Å². The number of aliphatic hydroxyl groups excluding tert-OH is 1. The lowest BCUT2D eigenvalue weighted by Crippen LogP contribution is -2.28. The zero-order valence-electron chi connectivity index (χ0n) is 11.2. The second-order valence-corrected chi connectivity index (χ2v) is 4.68. The van der Waals surface area contributed by atoms with Gasteiger partial charge in [0.15, 0.2) is 0 Å². The smallest absolute Gasteiger partial charge is 0.398 e. The molecule has 2 rings (SSSR count). The number of halogens is 3. The van der Waals surface area contributed by atoms with Gasteiger partial charge >= 0.3 is 6.18 Å². The number of aryl methyl sites for hydroxylation is 2. The number of hydrogen-bond donors (Lipinski definition) is 2. The molecule has 0 aliphatic carbocycles. The lowest BCUT2D eigenvalue weighted by molar-refractivity contribution is -0.205. The maximum atomic E-state index is 12.2. The van der Waals surface area contributed by atoms with E-state index in [4.69, 9.17) is 15.4 Å². The molecule has 1 heterocycles. The van der Waals surface area contributed by atoms with Crippen LogP contribution in [0.5, 0.6) is 0 Å². The third-order valence-electron chi connectivity index (χ3n) is 3.02. The average Bonchev–Trinajstić information content (AvgIpc) is 2.87. The number of anilines is 1. The molecule has 0 aliphatic heterocycles. The van der Waals surface area contributed by atoms with Crippen LogP contribution in [0.4, 0.5) is 18.9 Å². The zero-order valence-corrected chi connectivity index (χ0v) is 11.2. The molecular weight excluding hydrogens is 287 g/mol. The highest BCUT2D eigenvalue weighted by Gasteiger charge is 2.37. The molecule has 2 aromatic rings. The van der Waals surface area contributed by atoms with Gasteiger partial charge in [-0.05, 0) is 25.0 Å². The van der Waals surface area contributed by atoms with E-state index in [1.807, 2.05) is 6.92 Å². The Morgan fingerprint density at radius 2 is 2.10 bits per heavy atom. The van der Waals surface area contributed by atoms with Gasteiger partial charge in [0.25, 0.3) is 0 Å². The first kappa shape index (κ1) is 15.3. The molecule has 114 valence electrons. The Morgan fingerprint density at radius 1 is 1.38 bits per heavy atom. The zero-order chi connectivity index (χ0) is 15.6. The third-order valence-corrected chi connectivity index (χ3v) is 3.02. The number of nitrogen functional groups attached to an aromatic ring is 1. The Morgan fingerprint density at radius 3 is 2.71 bits per heavy atom. The topological polar surface area (TPSA) is 85.2 Å². The van der Waals surface area contributed by atoms with E-state index >= 15 is 0 Å². The molecular formula is C13H14F3N3O2. The third kappa shape index (κ3) is 3.72. The monoisotopic (exact) mass is 301 g/mol. The van der Waals surface area contributed by atoms with E-state index in [2.05, 4.69) is 10.1 Å². The van der Waals surface area contributed by atoms with E-state index in [0.29, 0.717) is 11.3 Å². The molecule has 0 fully saturated rings. The highest BCUT2D eigenvalue weighted by molar-refractivity contribution is 5.63. The molecule has 0 bridgehead atoms. The number of aromatic nitrogens is 2. The highest BCUT2D eigenvalue weighted by atomic mass is 19.4. The van der Waals surface area contributed by atoms with Crippen LogP contribution in [0.15, 0.2) is 22.7 Å². The first-order chi connectivity index (χ1) is 9.77. The van der Waals surface area contributed by atoms with Gasteiger partial charge < -0.3 is 15.4 Å². The standard InChI is InChI=1S/C13H14F3N3O2/c1-7-2-3-8(6-9(7)17)12-18-11(21-19-12)5-4-10(20)13(14,15)16/h2-3,6,10,20H,4-5,17H2,1H3. The van der Waals surface area contributed by atoms with Crippen LogP contribution in [-0.4, -0.2) is 27.5 Å². The summed E-state index contributed by atoms with van der Waals surface area (Å²) in [6.45, 7) is 1.85. The van der Waals surface area contributed by atoms with Crippen LogP contribution in [0.1, 0.15) is 17.9 Å². The summed E-state index contributed by atoms with van der Waals surface area (Å²) in [5, 5.41) is 12.6. The van der Waals surface area contributed by atoms with Crippen molar-refractivity contribution in [2.24, 2.45) is 0 Å². The second kappa shape index (κ2) is 5.72. The number of benzene rings is 1. The summed E-state index contributed by atoms with van der Waals surface area (Å²) >= 11 is 0. The average molecular weight is 301 g/mol. The normalized spacial score (nSPS) is 13.4. The van der Waals surface area contributed by atoms with Crippen LogP contribution in [-0.2, 0) is 6.42 Å². The molecule has 0 spiro atoms. The Kier molecular flexibility index (Phi) is 4.17. The van der Waals surface area contributed by atoms with Gasteiger partial charge in [0, 0.05) is 17.7 Å². The van der Waals surface area contributed by atoms with E-state index in [1.54, 1.807) is 18.2 Å². The lowest BCUT2D eigenvalue weighted by Gasteiger charge is -2.12. The van der Waals surface area contributed by atoms with Gasteiger partial charge in [-0.25, -0.2) is 0 Å². The van der Waals surface area contributed by atoms with Crippen LogP contribution in [0.2, 0.25) is 0 Å². The second-order valence-electron chi connectivity index (χ2n) is 4.68. The first-order valence-corrected chi connectivity index (χ1v) is 6.21. The van der Waals surface area contributed by atoms with Gasteiger partial charge in [0.05, 0.1) is 0 Å². The number of nitrogens with two attached hydrogens (primary N) is 1. The minimum Gasteiger partial charge on any atom is -0.398 e. The molecule has 5 nitrogen and oxygen atoms in total. The van der Waals surface area contributed by atoms with E-state index < -0.39 is 18.7 Å². The maximum Gasteiger partial charge on any atom is 0.414 e. The number of rotatable bonds is 4. The minimum absolute atomic E-state index is 0.0347. The van der Waals surface area contributed by atoms with Crippen LogP contribution < -0.4 is 5.73 Å². The van der Waals surface area contributed by atoms with Gasteiger partial charge in [0.2, 0.25) is 11.7 Å². The molecule has 0 saturated heterocycles. The molecule has 1 atom stereocenters. The summed E-state index contributed by atoms with van der Waals surface area (Å²) in [5.74, 6) is 0.283. The van der Waals surface area contributed by atoms with E-state index in [9.17, 15) is 13.2 Å². The number of aliphatic hydroxyl groups is 1. The quantitative estimate of drug-likeness (QED) is 0.847. The van der Waals surface area contributed by atoms with Crippen LogP contribution in [0.25, 0.3) is 11.4 Å². The van der Waals surface area contributed by atoms with Gasteiger partial charge in [-0.3, -0.25) is 0 Å². The predicted octanol–water partition coefficient (Wildman–Crippen LogP) is 2.48. The molecule has 0 saturated carbocycles. The largest absolute Gasteiger partial charge is 0.414 e. The summed E-state index contributed by atoms with van der Waals surface area (Å²) in [5.41, 5.74) is 7.84. The number of alkyl halides is 3. The molecule has 1 unspecified atom stereocenters. The van der Waals surface area contributed by atoms with Crippen LogP contribution in [0.3, 0.4) is 0 Å². The molecule has 0 amide bonds. The molecule has 3 N–H and O–H groups in total. The van der Waals surface area contributed by atoms with E-state index in [1.165, 1.54) is 0 Å². The van der Waals surface area contributed by atoms with Crippen LogP contribution >= 0.6 is 0 Å². The number of nitrogens with zero attached hydrogens (tertiary/aromatic N) is 2. The van der Waals surface area contributed by atoms with Crippen molar-refractivity contribution in [2.45, 2.75) is 32.0 Å². The van der Waals surface area contributed by atoms with Crippen molar-refractivity contribution in [3.8, 4) is 11.4 Å². The Hall–Kier alpha value is -2.09. The van der Waals surface area contributed by atoms with Crippen molar-refractivity contribution >= 4 is 5.69 Å². The fraction of sp³-hybridized carbons (Fsp3) is 0.385. The van der Waals surface area contributed by atoms with Crippen molar-refractivity contribution in [1.29, 1.82) is 0 Å². The minimum atomic E-state index is -4.64. The van der Waals surface area contributed by atoms with Crippen molar-refractivity contribution in [2.75, 3.05) is 5.73 Å². The summed E-state index contributed by atoms with van der Waals surface area (Å²) in [6.07, 6.45) is -7.73. The number of hydrogen-bond acceptors (Lipinski definition) is 5. The SMILES string of the molecule is Cc1ccc(-c2noc(CCC(O)C(F)(F)F)n2)cc1N. The van der Waals surface area contributed by atoms with Crippen molar-refractivity contribution < 1.29 is 22.8 Å². The summed E-state index contributed by atoms with van der Waals surface area (Å²) < 4.78 is 41.4. The summed E-state index contributed by atoms with van der Waals surface area (Å²) in [4.78, 5) is 3.99. The first-order valence-electron chi connectivity index (χ1n) is 6.21. The highest BCUT2D eigenvalue weighted by Crippen LogP contribution is 2.24. The molecule has 0 aliphatic rings. The summed E-state index contributed by atoms with van der Waals surface area (Å²) in [7, 11) is 0. The van der Waals surface area contributed by atoms with Gasteiger partial charge in [-0.1, -0.05) is 17.3 Å². The van der Waals surface area contributed by atoms with Gasteiger partial charge in [-0.15, -0.1) is 0 Å². The maximum absolute atomic E-state index is 12.2. The predicted molar refractivity (Wildman–Crippen MR) is 69.3 cm³/mol. The lowest BCUT2D eigenvalue weighted by atomic mass is 10.1. The summed E-state index contributed by atoms with van der Waals surface area (Å²) in [6, 6.07) is 5.19. The van der Waals surface area contributed by atoms with Crippen LogP contribution in [0, 0.1) is 6.92 Å². The molecule has 1 aromatic heterocycles. The Bertz CT molecular complexity index is 625. The molecule has 0 radical (unpaired) electrons. The molecule has 1 aromatic carbocycles. The van der Waals surface area contributed by atoms with Crippen molar-refractivity contribution in [3.63, 3.8) is 0 Å². The molecule has 8 heteroatoms. The van der Waals surface area contributed by atoms with Crippen molar-refractivity contribution in [1.82, 2.24) is 10.1 Å². The Balaban J connectivity index is 2.06. The fourth-order valence-electron chi connectivity index (χ4n) is 1.68. The van der Waals surface area contributed by atoms with E-state index in [0.717, 1.165) is 5.56 Å². The fourth-order valence-corrected chi connectivity index (χ4v) is 1.68.